The van der Waals surface area contributed by atoms with Crippen molar-refractivity contribution < 1.29 is 14.7 Å². The smallest absolute Gasteiger partial charge is 0.318 e. The van der Waals surface area contributed by atoms with Gasteiger partial charge in [-0.25, -0.2) is 4.79 Å². The first-order valence-electron chi connectivity index (χ1n) is 11.6. The lowest BCUT2D eigenvalue weighted by molar-refractivity contribution is -0.159. The molecule has 31 heavy (non-hydrogen) atoms. The van der Waals surface area contributed by atoms with Crippen molar-refractivity contribution in [2.24, 2.45) is 5.92 Å². The van der Waals surface area contributed by atoms with Crippen LogP contribution in [-0.2, 0) is 4.79 Å². The predicted molar refractivity (Wildman–Crippen MR) is 119 cm³/mol. The van der Waals surface area contributed by atoms with Gasteiger partial charge in [0.1, 0.15) is 6.54 Å². The molecule has 0 spiro atoms. The van der Waals surface area contributed by atoms with E-state index in [-0.39, 0.29) is 49.1 Å². The molecule has 3 fully saturated rings. The number of hydrogen-bond donors (Lipinski definition) is 2. The number of nitrogens with zero attached hydrogens (tertiary/aromatic N) is 2. The zero-order valence-corrected chi connectivity index (χ0v) is 18.5. The van der Waals surface area contributed by atoms with Gasteiger partial charge in [-0.1, -0.05) is 57.1 Å². The van der Waals surface area contributed by atoms with Gasteiger partial charge in [0, 0.05) is 30.0 Å². The Morgan fingerprint density at radius 2 is 1.90 bits per heavy atom. The fourth-order valence-corrected chi connectivity index (χ4v) is 5.18. The molecule has 2 heterocycles. The molecule has 6 nitrogen and oxygen atoms in total. The Balaban J connectivity index is 1.46. The second-order valence-corrected chi connectivity index (χ2v) is 9.36. The minimum absolute atomic E-state index is 0.0198. The first kappa shape index (κ1) is 21.7. The Bertz CT molecular complexity index is 864. The first-order valence-corrected chi connectivity index (χ1v) is 11.6. The van der Waals surface area contributed by atoms with Crippen LogP contribution >= 0.6 is 0 Å². The normalized spacial score (nSPS) is 26.1. The van der Waals surface area contributed by atoms with E-state index in [1.54, 1.807) is 9.80 Å². The molecule has 2 saturated heterocycles. The number of nitrogens with one attached hydrogen (secondary N) is 1. The maximum absolute atomic E-state index is 12.8. The number of piperazine rings is 1. The fourth-order valence-electron chi connectivity index (χ4n) is 5.18. The molecule has 0 radical (unpaired) electrons. The van der Waals surface area contributed by atoms with Gasteiger partial charge in [-0.2, -0.15) is 0 Å². The molecule has 3 aliphatic rings. The molecule has 1 aromatic carbocycles. The molecule has 0 unspecified atom stereocenters. The highest BCUT2D eigenvalue weighted by atomic mass is 16.3. The minimum atomic E-state index is -0.228. The van der Waals surface area contributed by atoms with Crippen molar-refractivity contribution in [3.8, 4) is 11.8 Å². The van der Waals surface area contributed by atoms with Crippen molar-refractivity contribution in [3.05, 3.63) is 35.4 Å². The summed E-state index contributed by atoms with van der Waals surface area (Å²) in [6.45, 7) is 4.64. The molecule has 4 rings (SSSR count). The fraction of sp³-hybridized carbons (Fsp3) is 0.600. The second kappa shape index (κ2) is 9.32. The molecule has 166 valence electrons. The summed E-state index contributed by atoms with van der Waals surface area (Å²) in [5.74, 6) is 6.60. The van der Waals surface area contributed by atoms with Crippen molar-refractivity contribution in [1.82, 2.24) is 15.1 Å². The SMILES string of the molecule is CC(C)C#Cc1ccc([C@H]2[C@@H](CO)N3C(=O)CN(C(=O)NC4CCCCC4)C[C@@H]23)cc1. The second-order valence-electron chi connectivity index (χ2n) is 9.36. The first-order chi connectivity index (χ1) is 15.0. The van der Waals surface area contributed by atoms with Crippen LogP contribution in [0.1, 0.15) is 63.0 Å². The van der Waals surface area contributed by atoms with Crippen molar-refractivity contribution in [3.63, 3.8) is 0 Å². The molecule has 1 aliphatic carbocycles. The number of carbonyl (C=O) groups excluding carboxylic acids is 2. The third-order valence-electron chi connectivity index (χ3n) is 6.77. The maximum atomic E-state index is 12.8. The largest absolute Gasteiger partial charge is 0.394 e. The van der Waals surface area contributed by atoms with Crippen LogP contribution in [0.25, 0.3) is 0 Å². The summed E-state index contributed by atoms with van der Waals surface area (Å²) in [6.07, 6.45) is 5.57. The molecule has 1 saturated carbocycles. The van der Waals surface area contributed by atoms with Gasteiger partial charge < -0.3 is 20.2 Å². The molecular formula is C25H33N3O3. The summed E-state index contributed by atoms with van der Waals surface area (Å²) in [6, 6.07) is 7.85. The predicted octanol–water partition coefficient (Wildman–Crippen LogP) is 2.71. The van der Waals surface area contributed by atoms with Gasteiger partial charge in [-0.3, -0.25) is 4.79 Å². The highest BCUT2D eigenvalue weighted by molar-refractivity contribution is 5.87. The summed E-state index contributed by atoms with van der Waals surface area (Å²) >= 11 is 0. The lowest BCUT2D eigenvalue weighted by Crippen LogP contribution is -2.74. The van der Waals surface area contributed by atoms with E-state index in [0.717, 1.165) is 36.8 Å². The number of fused-ring (bicyclic) bond motifs is 1. The van der Waals surface area contributed by atoms with Crippen LogP contribution in [0.2, 0.25) is 0 Å². The van der Waals surface area contributed by atoms with Crippen LogP contribution in [0.15, 0.2) is 24.3 Å². The molecule has 1 aromatic rings. The number of carbonyl (C=O) groups is 2. The number of aliphatic hydroxyl groups excluding tert-OH is 1. The van der Waals surface area contributed by atoms with Gasteiger partial charge in [0.2, 0.25) is 5.91 Å². The van der Waals surface area contributed by atoms with E-state index >= 15 is 0 Å². The topological polar surface area (TPSA) is 72.9 Å². The quantitative estimate of drug-likeness (QED) is 0.735. The number of urea groups is 1. The van der Waals surface area contributed by atoms with Crippen LogP contribution < -0.4 is 5.32 Å². The third-order valence-corrected chi connectivity index (χ3v) is 6.77. The lowest BCUT2D eigenvalue weighted by atomic mass is 9.73. The Morgan fingerprint density at radius 3 is 2.55 bits per heavy atom. The van der Waals surface area contributed by atoms with Gasteiger partial charge in [0.25, 0.3) is 0 Å². The van der Waals surface area contributed by atoms with Gasteiger partial charge >= 0.3 is 6.03 Å². The molecule has 6 heteroatoms. The standard InChI is InChI=1S/C25H33N3O3/c1-17(2)8-9-18-10-12-19(13-11-18)24-21-14-27(15-23(30)28(21)22(24)16-29)25(31)26-20-6-4-3-5-7-20/h10-13,17,20-22,24,29H,3-7,14-16H2,1-2H3,(H,26,31)/t21-,22+,24+/m0/s1. The number of benzene rings is 1. The summed E-state index contributed by atoms with van der Waals surface area (Å²) in [5, 5.41) is 13.1. The molecule has 3 atom stereocenters. The van der Waals surface area contributed by atoms with Crippen LogP contribution in [-0.4, -0.2) is 64.7 Å². The maximum Gasteiger partial charge on any atom is 0.318 e. The van der Waals surface area contributed by atoms with E-state index in [9.17, 15) is 14.7 Å². The highest BCUT2D eigenvalue weighted by Crippen LogP contribution is 2.42. The Morgan fingerprint density at radius 1 is 1.19 bits per heavy atom. The van der Waals surface area contributed by atoms with Crippen molar-refractivity contribution in [2.75, 3.05) is 19.7 Å². The van der Waals surface area contributed by atoms with Gasteiger partial charge in [0.15, 0.2) is 0 Å². The van der Waals surface area contributed by atoms with Crippen LogP contribution in [0.3, 0.4) is 0 Å². The summed E-state index contributed by atoms with van der Waals surface area (Å²) in [4.78, 5) is 29.1. The van der Waals surface area contributed by atoms with Crippen molar-refractivity contribution in [1.29, 1.82) is 0 Å². The van der Waals surface area contributed by atoms with Gasteiger partial charge in [-0.05, 0) is 30.5 Å². The average molecular weight is 424 g/mol. The molecular weight excluding hydrogens is 390 g/mol. The highest BCUT2D eigenvalue weighted by Gasteiger charge is 2.54. The minimum Gasteiger partial charge on any atom is -0.394 e. The van der Waals surface area contributed by atoms with E-state index in [2.05, 4.69) is 31.0 Å². The summed E-state index contributed by atoms with van der Waals surface area (Å²) < 4.78 is 0. The number of aliphatic hydroxyl groups is 1. The zero-order chi connectivity index (χ0) is 22.0. The lowest BCUT2D eigenvalue weighted by Gasteiger charge is -2.58. The third kappa shape index (κ3) is 4.57. The number of rotatable bonds is 3. The van der Waals surface area contributed by atoms with E-state index in [1.165, 1.54) is 6.42 Å². The van der Waals surface area contributed by atoms with Crippen LogP contribution in [0.5, 0.6) is 0 Å². The van der Waals surface area contributed by atoms with Gasteiger partial charge in [0.05, 0.1) is 18.7 Å². The average Bonchev–Trinajstić information content (AvgIpc) is 2.75. The molecule has 3 amide bonds. The molecule has 2 N–H and O–H groups in total. The zero-order valence-electron chi connectivity index (χ0n) is 18.5. The van der Waals surface area contributed by atoms with Crippen LogP contribution in [0.4, 0.5) is 4.79 Å². The Kier molecular flexibility index (Phi) is 6.52. The summed E-state index contributed by atoms with van der Waals surface area (Å²) in [5.41, 5.74) is 2.04. The molecule has 2 aliphatic heterocycles. The Labute approximate surface area is 185 Å². The van der Waals surface area contributed by atoms with Crippen molar-refractivity contribution >= 4 is 11.9 Å². The summed E-state index contributed by atoms with van der Waals surface area (Å²) in [7, 11) is 0. The van der Waals surface area contributed by atoms with Gasteiger partial charge in [-0.15, -0.1) is 0 Å². The Hall–Kier alpha value is -2.52. The van der Waals surface area contributed by atoms with E-state index in [1.807, 2.05) is 24.3 Å². The van der Waals surface area contributed by atoms with E-state index in [0.29, 0.717) is 12.5 Å². The van der Waals surface area contributed by atoms with Crippen LogP contribution in [0, 0.1) is 17.8 Å². The number of amides is 3. The number of hydrogen-bond acceptors (Lipinski definition) is 3. The van der Waals surface area contributed by atoms with E-state index < -0.39 is 0 Å². The van der Waals surface area contributed by atoms with Crippen molar-refractivity contribution in [2.45, 2.75) is 70.0 Å². The molecule has 0 bridgehead atoms. The molecule has 0 aromatic heterocycles. The monoisotopic (exact) mass is 423 g/mol. The van der Waals surface area contributed by atoms with E-state index in [4.69, 9.17) is 0 Å².